The third kappa shape index (κ3) is 5.55. The van der Waals surface area contributed by atoms with E-state index in [0.29, 0.717) is 26.2 Å². The van der Waals surface area contributed by atoms with E-state index in [9.17, 15) is 13.6 Å². The molecule has 12 heteroatoms. The Balaban J connectivity index is 1.27. The highest BCUT2D eigenvalue weighted by Gasteiger charge is 2.20. The number of imidazole rings is 1. The van der Waals surface area contributed by atoms with Gasteiger partial charge in [-0.05, 0) is 48.9 Å². The summed E-state index contributed by atoms with van der Waals surface area (Å²) in [5.74, 6) is -0.249. The van der Waals surface area contributed by atoms with Crippen LogP contribution in [0.4, 0.5) is 20.2 Å². The molecule has 0 saturated carbocycles. The molecule has 2 aromatic heterocycles. The molecule has 0 aliphatic carbocycles. The zero-order valence-corrected chi connectivity index (χ0v) is 20.0. The first kappa shape index (κ1) is 23.5. The Morgan fingerprint density at radius 3 is 2.83 bits per heavy atom. The molecular formula is C23H22F2N6O2S2. The standard InChI is InChI=1S/C23H22F2N6O2S2/c24-21(25)33-14-5-6-15-17(11-14)29-22(28-15)35-23-30-18(12-34-23)20(32)27-16-3-1-2-4-19(16)31-9-7-13(26)8-10-31/h1-6,11-13,21H,7-10,26H2,(H,27,32)(H,28,29). The molecule has 5 rings (SSSR count). The zero-order valence-electron chi connectivity index (χ0n) is 18.4. The summed E-state index contributed by atoms with van der Waals surface area (Å²) < 4.78 is 30.0. The number of aromatic nitrogens is 3. The summed E-state index contributed by atoms with van der Waals surface area (Å²) in [6, 6.07) is 12.4. The molecule has 0 radical (unpaired) electrons. The van der Waals surface area contributed by atoms with Crippen LogP contribution in [0.25, 0.3) is 11.0 Å². The highest BCUT2D eigenvalue weighted by Crippen LogP contribution is 2.32. The average Bonchev–Trinajstić information content (AvgIpc) is 3.46. The third-order valence-electron chi connectivity index (χ3n) is 5.59. The van der Waals surface area contributed by atoms with Crippen molar-refractivity contribution < 1.29 is 18.3 Å². The number of carbonyl (C=O) groups is 1. The van der Waals surface area contributed by atoms with Gasteiger partial charge in [0, 0.05) is 30.6 Å². The summed E-state index contributed by atoms with van der Waals surface area (Å²) in [4.78, 5) is 27.1. The highest BCUT2D eigenvalue weighted by molar-refractivity contribution is 8.00. The van der Waals surface area contributed by atoms with E-state index >= 15 is 0 Å². The molecule has 4 N–H and O–H groups in total. The maximum absolute atomic E-state index is 12.9. The Hall–Kier alpha value is -3.22. The molecule has 1 fully saturated rings. The largest absolute Gasteiger partial charge is 0.435 e. The van der Waals surface area contributed by atoms with Crippen LogP contribution in [0.3, 0.4) is 0 Å². The number of H-pyrrole nitrogens is 1. The Bertz CT molecular complexity index is 1340. The number of halogens is 2. The van der Waals surface area contributed by atoms with Crippen molar-refractivity contribution >= 4 is 51.4 Å². The van der Waals surface area contributed by atoms with Crippen molar-refractivity contribution in [2.75, 3.05) is 23.3 Å². The van der Waals surface area contributed by atoms with E-state index in [-0.39, 0.29) is 17.7 Å². The summed E-state index contributed by atoms with van der Waals surface area (Å²) >= 11 is 2.58. The number of alkyl halides is 2. The molecule has 35 heavy (non-hydrogen) atoms. The van der Waals surface area contributed by atoms with Gasteiger partial charge in [-0.25, -0.2) is 9.97 Å². The number of benzene rings is 2. The fourth-order valence-corrected chi connectivity index (χ4v) is 5.57. The number of carbonyl (C=O) groups excluding carboxylic acids is 1. The summed E-state index contributed by atoms with van der Waals surface area (Å²) in [5, 5.41) is 5.20. The predicted molar refractivity (Wildman–Crippen MR) is 133 cm³/mol. The van der Waals surface area contributed by atoms with Gasteiger partial charge in [-0.2, -0.15) is 8.78 Å². The van der Waals surface area contributed by atoms with Gasteiger partial charge in [0.05, 0.1) is 22.4 Å². The first-order chi connectivity index (χ1) is 16.9. The Kier molecular flexibility index (Phi) is 6.84. The van der Waals surface area contributed by atoms with Gasteiger partial charge >= 0.3 is 6.61 Å². The minimum atomic E-state index is -2.89. The van der Waals surface area contributed by atoms with Crippen molar-refractivity contribution in [3.8, 4) is 5.75 Å². The number of anilines is 2. The number of para-hydroxylation sites is 2. The topological polar surface area (TPSA) is 109 Å². The van der Waals surface area contributed by atoms with E-state index in [1.54, 1.807) is 11.4 Å². The van der Waals surface area contributed by atoms with Gasteiger partial charge in [0.1, 0.15) is 11.4 Å². The number of aromatic amines is 1. The SMILES string of the molecule is NC1CCN(c2ccccc2NC(=O)c2csc(Sc3nc4ccc(OC(F)F)cc4[nH]3)n2)CC1. The number of nitrogens with two attached hydrogens (primary N) is 1. The normalized spacial score (nSPS) is 14.6. The molecule has 0 bridgehead atoms. The van der Waals surface area contributed by atoms with Crippen LogP contribution in [0.1, 0.15) is 23.3 Å². The van der Waals surface area contributed by atoms with Gasteiger partial charge in [0.25, 0.3) is 5.91 Å². The van der Waals surface area contributed by atoms with Crippen molar-refractivity contribution in [2.24, 2.45) is 5.73 Å². The number of thiazole rings is 1. The second kappa shape index (κ2) is 10.2. The van der Waals surface area contributed by atoms with E-state index in [1.807, 2.05) is 24.3 Å². The quantitative estimate of drug-likeness (QED) is 0.319. The third-order valence-corrected chi connectivity index (χ3v) is 7.41. The van der Waals surface area contributed by atoms with Crippen LogP contribution in [0.2, 0.25) is 0 Å². The maximum atomic E-state index is 12.9. The van der Waals surface area contributed by atoms with E-state index in [0.717, 1.165) is 37.3 Å². The number of amides is 1. The van der Waals surface area contributed by atoms with Crippen molar-refractivity contribution in [1.29, 1.82) is 0 Å². The minimum Gasteiger partial charge on any atom is -0.435 e. The van der Waals surface area contributed by atoms with Gasteiger partial charge in [-0.3, -0.25) is 4.79 Å². The Morgan fingerprint density at radius 1 is 1.23 bits per heavy atom. The lowest BCUT2D eigenvalue weighted by molar-refractivity contribution is -0.0497. The van der Waals surface area contributed by atoms with Crippen LogP contribution in [0, 0.1) is 0 Å². The number of hydrogen-bond acceptors (Lipinski definition) is 8. The number of fused-ring (bicyclic) bond motifs is 1. The maximum Gasteiger partial charge on any atom is 0.387 e. The number of nitrogens with zero attached hydrogens (tertiary/aromatic N) is 3. The fraction of sp³-hybridized carbons (Fsp3) is 0.261. The van der Waals surface area contributed by atoms with Crippen molar-refractivity contribution in [3.05, 3.63) is 53.5 Å². The summed E-state index contributed by atoms with van der Waals surface area (Å²) in [6.45, 7) is -1.20. The summed E-state index contributed by atoms with van der Waals surface area (Å²) in [5.41, 5.74) is 9.20. The molecule has 0 spiro atoms. The molecule has 4 aromatic rings. The molecule has 3 heterocycles. The molecule has 0 unspecified atom stereocenters. The molecular weight excluding hydrogens is 494 g/mol. The molecule has 1 saturated heterocycles. The Morgan fingerprint density at radius 2 is 2.03 bits per heavy atom. The van der Waals surface area contributed by atoms with Crippen LogP contribution in [-0.2, 0) is 0 Å². The van der Waals surface area contributed by atoms with Gasteiger partial charge in [0.15, 0.2) is 9.50 Å². The number of rotatable bonds is 7. The summed E-state index contributed by atoms with van der Waals surface area (Å²) in [6.07, 6.45) is 1.83. The van der Waals surface area contributed by atoms with Gasteiger partial charge in [0.2, 0.25) is 0 Å². The first-order valence-electron chi connectivity index (χ1n) is 10.9. The lowest BCUT2D eigenvalue weighted by Crippen LogP contribution is -2.40. The first-order valence-corrected chi connectivity index (χ1v) is 12.6. The second-order valence-electron chi connectivity index (χ2n) is 8.00. The van der Waals surface area contributed by atoms with Crippen LogP contribution in [0.5, 0.6) is 5.75 Å². The average molecular weight is 517 g/mol. The highest BCUT2D eigenvalue weighted by atomic mass is 32.2. The number of hydrogen-bond donors (Lipinski definition) is 3. The smallest absolute Gasteiger partial charge is 0.387 e. The molecule has 1 aliphatic heterocycles. The molecule has 1 amide bonds. The molecule has 0 atom stereocenters. The fourth-order valence-electron chi connectivity index (χ4n) is 3.86. The van der Waals surface area contributed by atoms with Crippen LogP contribution in [0.15, 0.2) is 57.3 Å². The van der Waals surface area contributed by atoms with Crippen LogP contribution < -0.4 is 20.7 Å². The Labute approximate surface area is 207 Å². The van der Waals surface area contributed by atoms with Crippen LogP contribution >= 0.6 is 23.1 Å². The van der Waals surface area contributed by atoms with Crippen LogP contribution in [-0.4, -0.2) is 46.6 Å². The van der Waals surface area contributed by atoms with E-state index in [2.05, 4.69) is 29.9 Å². The van der Waals surface area contributed by atoms with E-state index < -0.39 is 6.61 Å². The predicted octanol–water partition coefficient (Wildman–Crippen LogP) is 4.95. The summed E-state index contributed by atoms with van der Waals surface area (Å²) in [7, 11) is 0. The molecule has 182 valence electrons. The van der Waals surface area contributed by atoms with Gasteiger partial charge in [-0.1, -0.05) is 12.1 Å². The molecule has 2 aromatic carbocycles. The van der Waals surface area contributed by atoms with Gasteiger partial charge in [-0.15, -0.1) is 11.3 Å². The van der Waals surface area contributed by atoms with Crippen molar-refractivity contribution in [2.45, 2.75) is 35.0 Å². The van der Waals surface area contributed by atoms with Gasteiger partial charge < -0.3 is 25.7 Å². The molecule has 8 nitrogen and oxygen atoms in total. The van der Waals surface area contributed by atoms with Crippen molar-refractivity contribution in [1.82, 2.24) is 15.0 Å². The lowest BCUT2D eigenvalue weighted by atomic mass is 10.0. The van der Waals surface area contributed by atoms with E-state index in [4.69, 9.17) is 5.73 Å². The lowest BCUT2D eigenvalue weighted by Gasteiger charge is -2.33. The second-order valence-corrected chi connectivity index (χ2v) is 10.1. The monoisotopic (exact) mass is 516 g/mol. The number of nitrogens with one attached hydrogen (secondary N) is 2. The zero-order chi connectivity index (χ0) is 24.4. The number of piperidine rings is 1. The minimum absolute atomic E-state index is 0.0496. The molecule has 1 aliphatic rings. The van der Waals surface area contributed by atoms with Crippen molar-refractivity contribution in [3.63, 3.8) is 0 Å². The van der Waals surface area contributed by atoms with E-state index in [1.165, 1.54) is 35.2 Å². The number of ether oxygens (including phenoxy) is 1.